The zero-order chi connectivity index (χ0) is 22.8. The molecule has 0 saturated carbocycles. The van der Waals surface area contributed by atoms with Crippen molar-refractivity contribution in [1.29, 1.82) is 0 Å². The standard InChI is InChI=1S/C23H33N3O5/c1-15(27)22(29)26-19(28)14-23(11-13-25(2)3)17(10-12-24-26)8-6-16-7-9-18(30-4)21(31-5)20(16)23/h7,9,12,17,19,28H,6,8,10-11,13-14H2,1-5H3/b24-12-/t17?,19?,23-/m1/s1. The first-order valence-electron chi connectivity index (χ1n) is 10.7. The number of carbonyl (C=O) groups is 2. The first-order chi connectivity index (χ1) is 14.7. The highest BCUT2D eigenvalue weighted by atomic mass is 16.5. The van der Waals surface area contributed by atoms with Crippen LogP contribution >= 0.6 is 0 Å². The molecule has 3 atom stereocenters. The number of hydrogen-bond acceptors (Lipinski definition) is 7. The molecule has 1 amide bonds. The van der Waals surface area contributed by atoms with Crippen LogP contribution in [0.15, 0.2) is 17.2 Å². The van der Waals surface area contributed by atoms with Gasteiger partial charge in [0.2, 0.25) is 5.78 Å². The topological polar surface area (TPSA) is 91.7 Å². The highest BCUT2D eigenvalue weighted by Crippen LogP contribution is 2.54. The largest absolute Gasteiger partial charge is 0.493 e. The molecule has 8 heteroatoms. The average molecular weight is 432 g/mol. The minimum atomic E-state index is -1.22. The predicted octanol–water partition coefficient (Wildman–Crippen LogP) is 1.97. The van der Waals surface area contributed by atoms with Gasteiger partial charge in [0.05, 0.1) is 14.2 Å². The Labute approximate surface area is 183 Å². The SMILES string of the molecule is COc1ccc2c(c1OC)[C@]1(CCN(C)C)CC(O)N(C(=O)C(C)=O)/N=C\CC1CC2. The number of aliphatic hydroxyl groups excluding tert-OH is 1. The molecular formula is C23H33N3O5. The van der Waals surface area contributed by atoms with Crippen molar-refractivity contribution in [2.45, 2.75) is 50.7 Å². The van der Waals surface area contributed by atoms with Crippen molar-refractivity contribution < 1.29 is 24.2 Å². The van der Waals surface area contributed by atoms with Gasteiger partial charge in [-0.05, 0) is 63.9 Å². The van der Waals surface area contributed by atoms with Crippen LogP contribution in [-0.2, 0) is 21.4 Å². The summed E-state index contributed by atoms with van der Waals surface area (Å²) in [6.45, 7) is 1.98. The van der Waals surface area contributed by atoms with Crippen LogP contribution in [-0.4, -0.2) is 74.0 Å². The van der Waals surface area contributed by atoms with E-state index in [1.54, 1.807) is 20.4 Å². The summed E-state index contributed by atoms with van der Waals surface area (Å²) in [6.07, 6.45) is 3.93. The van der Waals surface area contributed by atoms with E-state index < -0.39 is 23.3 Å². The maximum absolute atomic E-state index is 12.4. The number of aliphatic hydroxyl groups is 1. The molecule has 1 N–H and O–H groups in total. The number of nitrogens with zero attached hydrogens (tertiary/aromatic N) is 3. The Kier molecular flexibility index (Phi) is 7.01. The molecule has 0 aromatic heterocycles. The molecular weight excluding hydrogens is 398 g/mol. The fourth-order valence-corrected chi connectivity index (χ4v) is 5.10. The van der Waals surface area contributed by atoms with Crippen LogP contribution in [0, 0.1) is 5.92 Å². The van der Waals surface area contributed by atoms with Gasteiger partial charge in [-0.25, -0.2) is 0 Å². The third-order valence-corrected chi connectivity index (χ3v) is 6.61. The molecule has 0 fully saturated rings. The normalized spacial score (nSPS) is 26.4. The van der Waals surface area contributed by atoms with Gasteiger partial charge in [-0.15, -0.1) is 0 Å². The quantitative estimate of drug-likeness (QED) is 0.693. The van der Waals surface area contributed by atoms with Crippen molar-refractivity contribution in [2.24, 2.45) is 11.0 Å². The number of benzene rings is 1. The lowest BCUT2D eigenvalue weighted by atomic mass is 9.58. The van der Waals surface area contributed by atoms with Crippen LogP contribution in [0.3, 0.4) is 0 Å². The predicted molar refractivity (Wildman–Crippen MR) is 117 cm³/mol. The van der Waals surface area contributed by atoms with Gasteiger partial charge in [-0.3, -0.25) is 9.59 Å². The van der Waals surface area contributed by atoms with Gasteiger partial charge < -0.3 is 19.5 Å². The second-order valence-electron chi connectivity index (χ2n) is 8.70. The Hall–Kier alpha value is -2.45. The van der Waals surface area contributed by atoms with Gasteiger partial charge in [0.1, 0.15) is 0 Å². The van der Waals surface area contributed by atoms with E-state index >= 15 is 0 Å². The molecule has 2 aliphatic rings. The highest BCUT2D eigenvalue weighted by molar-refractivity contribution is 6.35. The van der Waals surface area contributed by atoms with Gasteiger partial charge in [0.15, 0.2) is 17.7 Å². The third-order valence-electron chi connectivity index (χ3n) is 6.61. The summed E-state index contributed by atoms with van der Waals surface area (Å²) in [5, 5.41) is 16.2. The first-order valence-corrected chi connectivity index (χ1v) is 10.7. The summed E-state index contributed by atoms with van der Waals surface area (Å²) in [6, 6.07) is 3.99. The van der Waals surface area contributed by atoms with Crippen molar-refractivity contribution >= 4 is 17.9 Å². The van der Waals surface area contributed by atoms with Crippen LogP contribution in [0.4, 0.5) is 0 Å². The summed E-state index contributed by atoms with van der Waals surface area (Å²) < 4.78 is 11.4. The molecule has 1 heterocycles. The second kappa shape index (κ2) is 9.36. The molecule has 0 radical (unpaired) electrons. The number of methoxy groups -OCH3 is 2. The molecule has 1 aliphatic carbocycles. The van der Waals surface area contributed by atoms with E-state index in [2.05, 4.69) is 16.1 Å². The Morgan fingerprint density at radius 3 is 2.65 bits per heavy atom. The number of carbonyl (C=O) groups excluding carboxylic acids is 2. The summed E-state index contributed by atoms with van der Waals surface area (Å²) >= 11 is 0. The molecule has 1 aliphatic heterocycles. The monoisotopic (exact) mass is 431 g/mol. The third kappa shape index (κ3) is 4.32. The molecule has 2 unspecified atom stereocenters. The van der Waals surface area contributed by atoms with E-state index in [0.717, 1.165) is 36.4 Å². The van der Waals surface area contributed by atoms with E-state index in [1.165, 1.54) is 12.5 Å². The number of ether oxygens (including phenoxy) is 2. The number of aryl methyl sites for hydroxylation is 1. The maximum atomic E-state index is 12.4. The van der Waals surface area contributed by atoms with Gasteiger partial charge in [-0.1, -0.05) is 6.07 Å². The lowest BCUT2D eigenvalue weighted by Crippen LogP contribution is -2.50. The van der Waals surface area contributed by atoms with E-state index in [9.17, 15) is 14.7 Å². The van der Waals surface area contributed by atoms with E-state index in [0.29, 0.717) is 17.9 Å². The van der Waals surface area contributed by atoms with E-state index in [4.69, 9.17) is 9.47 Å². The number of ketones is 1. The fourth-order valence-electron chi connectivity index (χ4n) is 5.10. The summed E-state index contributed by atoms with van der Waals surface area (Å²) in [5.74, 6) is 0.0668. The number of fused-ring (bicyclic) bond motifs is 3. The zero-order valence-electron chi connectivity index (χ0n) is 19.1. The van der Waals surface area contributed by atoms with Gasteiger partial charge in [0, 0.05) is 30.5 Å². The number of amides is 1. The molecule has 0 bridgehead atoms. The zero-order valence-corrected chi connectivity index (χ0v) is 19.1. The summed E-state index contributed by atoms with van der Waals surface area (Å²) in [4.78, 5) is 26.3. The van der Waals surface area contributed by atoms with Crippen molar-refractivity contribution in [2.75, 3.05) is 34.9 Å². The van der Waals surface area contributed by atoms with Crippen molar-refractivity contribution in [1.82, 2.24) is 9.91 Å². The Morgan fingerprint density at radius 1 is 1.29 bits per heavy atom. The average Bonchev–Trinajstić information content (AvgIpc) is 2.73. The summed E-state index contributed by atoms with van der Waals surface area (Å²) in [5.41, 5.74) is 1.73. The number of Topliss-reactive ketones (excluding diaryl/α,β-unsaturated/α-hetero) is 1. The highest BCUT2D eigenvalue weighted by Gasteiger charge is 2.49. The van der Waals surface area contributed by atoms with Gasteiger partial charge >= 0.3 is 5.91 Å². The lowest BCUT2D eigenvalue weighted by molar-refractivity contribution is -0.152. The van der Waals surface area contributed by atoms with Crippen LogP contribution in [0.1, 0.15) is 43.7 Å². The fraction of sp³-hybridized carbons (Fsp3) is 0.609. The van der Waals surface area contributed by atoms with E-state index in [1.807, 2.05) is 20.2 Å². The van der Waals surface area contributed by atoms with Gasteiger partial charge in [0.25, 0.3) is 0 Å². The minimum Gasteiger partial charge on any atom is -0.493 e. The van der Waals surface area contributed by atoms with Crippen LogP contribution in [0.5, 0.6) is 11.5 Å². The molecule has 0 saturated heterocycles. The van der Waals surface area contributed by atoms with Crippen molar-refractivity contribution in [3.8, 4) is 11.5 Å². The van der Waals surface area contributed by atoms with Crippen molar-refractivity contribution in [3.05, 3.63) is 23.3 Å². The lowest BCUT2D eigenvalue weighted by Gasteiger charge is -2.49. The Balaban J connectivity index is 2.19. The van der Waals surface area contributed by atoms with E-state index in [-0.39, 0.29) is 12.3 Å². The van der Waals surface area contributed by atoms with Crippen molar-refractivity contribution in [3.63, 3.8) is 0 Å². The van der Waals surface area contributed by atoms with Gasteiger partial charge in [-0.2, -0.15) is 10.1 Å². The molecule has 170 valence electrons. The second-order valence-corrected chi connectivity index (χ2v) is 8.70. The molecule has 0 spiro atoms. The first kappa shape index (κ1) is 23.2. The molecule has 1 aromatic carbocycles. The Bertz CT molecular complexity index is 869. The number of hydrogen-bond donors (Lipinski definition) is 1. The van der Waals surface area contributed by atoms with Crippen LogP contribution in [0.2, 0.25) is 0 Å². The molecule has 31 heavy (non-hydrogen) atoms. The summed E-state index contributed by atoms with van der Waals surface area (Å²) in [7, 11) is 7.28. The minimum absolute atomic E-state index is 0.203. The molecule has 1 aromatic rings. The van der Waals surface area contributed by atoms with Crippen LogP contribution in [0.25, 0.3) is 0 Å². The Morgan fingerprint density at radius 2 is 2.03 bits per heavy atom. The smallest absolute Gasteiger partial charge is 0.312 e. The maximum Gasteiger partial charge on any atom is 0.312 e. The number of rotatable bonds is 6. The molecule has 8 nitrogen and oxygen atoms in total. The van der Waals surface area contributed by atoms with Crippen LogP contribution < -0.4 is 9.47 Å². The molecule has 3 rings (SSSR count). The number of hydrazone groups is 1.